The summed E-state index contributed by atoms with van der Waals surface area (Å²) in [5.74, 6) is 0.414. The van der Waals surface area contributed by atoms with E-state index < -0.39 is 0 Å². The Kier molecular flexibility index (Phi) is 4.18. The number of carbonyl (C=O) groups excluding carboxylic acids is 1. The van der Waals surface area contributed by atoms with Gasteiger partial charge in [-0.1, -0.05) is 0 Å². The molecule has 4 rings (SSSR count). The van der Waals surface area contributed by atoms with Gasteiger partial charge >= 0.3 is 0 Å². The highest BCUT2D eigenvalue weighted by Gasteiger charge is 2.25. The van der Waals surface area contributed by atoms with E-state index in [9.17, 15) is 9.59 Å². The Labute approximate surface area is 144 Å². The van der Waals surface area contributed by atoms with E-state index in [2.05, 4.69) is 10.1 Å². The lowest BCUT2D eigenvalue weighted by Crippen LogP contribution is -2.40. The van der Waals surface area contributed by atoms with Crippen molar-refractivity contribution in [2.45, 2.75) is 38.6 Å². The average Bonchev–Trinajstić information content (AvgIpc) is 3.26. The number of carbonyl (C=O) groups is 1. The number of thiazole rings is 1. The third-order valence-electron chi connectivity index (χ3n) is 5.01. The number of rotatable bonds is 3. The van der Waals surface area contributed by atoms with E-state index in [1.165, 1.54) is 11.3 Å². The van der Waals surface area contributed by atoms with Gasteiger partial charge in [0.1, 0.15) is 5.69 Å². The molecule has 0 spiro atoms. The maximum atomic E-state index is 12.3. The van der Waals surface area contributed by atoms with Crippen LogP contribution in [-0.4, -0.2) is 38.7 Å². The van der Waals surface area contributed by atoms with Gasteiger partial charge in [-0.15, -0.1) is 11.3 Å². The van der Waals surface area contributed by atoms with Crippen LogP contribution in [0.5, 0.6) is 0 Å². The predicted octanol–water partition coefficient (Wildman–Crippen LogP) is 1.74. The molecule has 0 atom stereocenters. The average molecular weight is 344 g/mol. The number of hydrogen-bond donors (Lipinski definition) is 0. The first-order chi connectivity index (χ1) is 11.7. The van der Waals surface area contributed by atoms with Crippen LogP contribution in [0.4, 0.5) is 0 Å². The molecule has 24 heavy (non-hydrogen) atoms. The van der Waals surface area contributed by atoms with E-state index in [4.69, 9.17) is 0 Å². The van der Waals surface area contributed by atoms with Gasteiger partial charge in [0.15, 0.2) is 0 Å². The molecule has 0 radical (unpaired) electrons. The Morgan fingerprint density at radius 3 is 2.88 bits per heavy atom. The van der Waals surface area contributed by atoms with Crippen LogP contribution in [-0.2, 0) is 19.4 Å². The Balaban J connectivity index is 1.38. The first-order valence-corrected chi connectivity index (χ1v) is 9.42. The number of aryl methyl sites for hydroxylation is 2. The van der Waals surface area contributed by atoms with Crippen LogP contribution in [0, 0.1) is 5.92 Å². The minimum Gasteiger partial charge on any atom is -0.337 e. The second kappa shape index (κ2) is 6.47. The molecule has 0 bridgehead atoms. The largest absolute Gasteiger partial charge is 0.337 e. The van der Waals surface area contributed by atoms with Crippen molar-refractivity contribution in [2.75, 3.05) is 13.1 Å². The fourth-order valence-corrected chi connectivity index (χ4v) is 4.14. The second-order valence-electron chi connectivity index (χ2n) is 6.60. The Morgan fingerprint density at radius 1 is 1.29 bits per heavy atom. The smallest absolute Gasteiger partial charge is 0.273 e. The minimum atomic E-state index is 0.0108. The highest BCUT2D eigenvalue weighted by molar-refractivity contribution is 7.07. The molecule has 1 amide bonds. The summed E-state index contributed by atoms with van der Waals surface area (Å²) in [6.07, 6.45) is 4.87. The molecular formula is C17H20N4O2S. The molecule has 2 aromatic rings. The van der Waals surface area contributed by atoms with Gasteiger partial charge in [-0.3, -0.25) is 9.59 Å². The standard InChI is InChI=1S/C17H20N4O2S/c22-16-8-13-2-1-3-14(13)19-21(16)9-12-4-6-20(7-5-12)17(23)15-10-24-11-18-15/h8,10-12H,1-7,9H2. The van der Waals surface area contributed by atoms with Crippen molar-refractivity contribution in [3.05, 3.63) is 44.3 Å². The molecule has 1 fully saturated rings. The first-order valence-electron chi connectivity index (χ1n) is 8.48. The van der Waals surface area contributed by atoms with E-state index >= 15 is 0 Å². The molecule has 3 heterocycles. The predicted molar refractivity (Wildman–Crippen MR) is 91.3 cm³/mol. The van der Waals surface area contributed by atoms with Gasteiger partial charge in [0, 0.05) is 31.1 Å². The lowest BCUT2D eigenvalue weighted by Gasteiger charge is -2.31. The molecule has 1 aliphatic carbocycles. The van der Waals surface area contributed by atoms with Crippen molar-refractivity contribution in [3.8, 4) is 0 Å². The SMILES string of the molecule is O=C(c1cscn1)N1CCC(Cn2nc3c(cc2=O)CCC3)CC1. The zero-order valence-electron chi connectivity index (χ0n) is 13.5. The Bertz CT molecular complexity index is 791. The van der Waals surface area contributed by atoms with E-state index in [1.54, 1.807) is 21.6 Å². The van der Waals surface area contributed by atoms with Crippen LogP contribution in [0.3, 0.4) is 0 Å². The van der Waals surface area contributed by atoms with Crippen LogP contribution in [0.2, 0.25) is 0 Å². The Morgan fingerprint density at radius 2 is 2.12 bits per heavy atom. The zero-order chi connectivity index (χ0) is 16.5. The van der Waals surface area contributed by atoms with Crippen molar-refractivity contribution in [1.82, 2.24) is 19.7 Å². The third-order valence-corrected chi connectivity index (χ3v) is 5.59. The normalized spacial score (nSPS) is 17.9. The minimum absolute atomic E-state index is 0.0108. The number of amides is 1. The molecular weight excluding hydrogens is 324 g/mol. The number of likely N-dealkylation sites (tertiary alicyclic amines) is 1. The van der Waals surface area contributed by atoms with E-state index in [1.807, 2.05) is 4.90 Å². The van der Waals surface area contributed by atoms with Gasteiger partial charge in [0.05, 0.1) is 11.2 Å². The summed E-state index contributed by atoms with van der Waals surface area (Å²) < 4.78 is 1.63. The monoisotopic (exact) mass is 344 g/mol. The first kappa shape index (κ1) is 15.5. The fourth-order valence-electron chi connectivity index (χ4n) is 3.61. The summed E-state index contributed by atoms with van der Waals surface area (Å²) >= 11 is 1.44. The molecule has 1 saturated heterocycles. The van der Waals surface area contributed by atoms with Crippen molar-refractivity contribution in [1.29, 1.82) is 0 Å². The summed E-state index contributed by atoms with van der Waals surface area (Å²) in [6.45, 7) is 2.10. The quantitative estimate of drug-likeness (QED) is 0.850. The van der Waals surface area contributed by atoms with E-state index in [0.717, 1.165) is 56.5 Å². The summed E-state index contributed by atoms with van der Waals surface area (Å²) in [6, 6.07) is 1.76. The van der Waals surface area contributed by atoms with Crippen molar-refractivity contribution < 1.29 is 4.79 Å². The third kappa shape index (κ3) is 3.00. The van der Waals surface area contributed by atoms with Gasteiger partial charge in [-0.05, 0) is 43.6 Å². The van der Waals surface area contributed by atoms with Gasteiger partial charge in [-0.25, -0.2) is 9.67 Å². The van der Waals surface area contributed by atoms with Crippen molar-refractivity contribution >= 4 is 17.2 Å². The number of piperidine rings is 1. The number of nitrogens with zero attached hydrogens (tertiary/aromatic N) is 4. The van der Waals surface area contributed by atoms with Gasteiger partial charge in [0.25, 0.3) is 11.5 Å². The molecule has 126 valence electrons. The lowest BCUT2D eigenvalue weighted by molar-refractivity contribution is 0.0675. The molecule has 0 aromatic carbocycles. The molecule has 2 aliphatic rings. The molecule has 7 heteroatoms. The topological polar surface area (TPSA) is 68.1 Å². The highest BCUT2D eigenvalue weighted by Crippen LogP contribution is 2.21. The molecule has 0 saturated carbocycles. The van der Waals surface area contributed by atoms with Crippen LogP contribution in [0.25, 0.3) is 0 Å². The molecule has 0 unspecified atom stereocenters. The molecule has 2 aromatic heterocycles. The second-order valence-corrected chi connectivity index (χ2v) is 7.32. The summed E-state index contributed by atoms with van der Waals surface area (Å²) in [5, 5.41) is 6.35. The fraction of sp³-hybridized carbons (Fsp3) is 0.529. The molecule has 1 aliphatic heterocycles. The maximum Gasteiger partial charge on any atom is 0.273 e. The maximum absolute atomic E-state index is 12.3. The number of fused-ring (bicyclic) bond motifs is 1. The van der Waals surface area contributed by atoms with Crippen LogP contribution < -0.4 is 5.56 Å². The van der Waals surface area contributed by atoms with Gasteiger partial charge in [0.2, 0.25) is 0 Å². The molecule has 6 nitrogen and oxygen atoms in total. The van der Waals surface area contributed by atoms with Crippen LogP contribution in [0.15, 0.2) is 21.8 Å². The van der Waals surface area contributed by atoms with Gasteiger partial charge in [-0.2, -0.15) is 5.10 Å². The summed E-state index contributed by atoms with van der Waals surface area (Å²) in [4.78, 5) is 30.5. The zero-order valence-corrected chi connectivity index (χ0v) is 14.3. The highest BCUT2D eigenvalue weighted by atomic mass is 32.1. The van der Waals surface area contributed by atoms with E-state index in [-0.39, 0.29) is 11.5 Å². The number of hydrogen-bond acceptors (Lipinski definition) is 5. The summed E-state index contributed by atoms with van der Waals surface area (Å²) in [5.41, 5.74) is 4.45. The summed E-state index contributed by atoms with van der Waals surface area (Å²) in [7, 11) is 0. The molecule has 0 N–H and O–H groups in total. The van der Waals surface area contributed by atoms with Crippen LogP contribution >= 0.6 is 11.3 Å². The van der Waals surface area contributed by atoms with Crippen molar-refractivity contribution in [2.24, 2.45) is 5.92 Å². The van der Waals surface area contributed by atoms with Crippen molar-refractivity contribution in [3.63, 3.8) is 0 Å². The lowest BCUT2D eigenvalue weighted by atomic mass is 9.96. The van der Waals surface area contributed by atoms with Gasteiger partial charge < -0.3 is 4.90 Å². The van der Waals surface area contributed by atoms with Crippen LogP contribution in [0.1, 0.15) is 41.0 Å². The van der Waals surface area contributed by atoms with E-state index in [0.29, 0.717) is 18.2 Å². The number of aromatic nitrogens is 3. The Hall–Kier alpha value is -2.02.